The van der Waals surface area contributed by atoms with Crippen LogP contribution in [0.25, 0.3) is 0 Å². The van der Waals surface area contributed by atoms with Crippen molar-refractivity contribution in [2.24, 2.45) is 5.16 Å². The fraction of sp³-hybridized carbons (Fsp3) is 0.526. The second-order valence-electron chi connectivity index (χ2n) is 6.03. The van der Waals surface area contributed by atoms with E-state index in [0.717, 1.165) is 51.0 Å². The van der Waals surface area contributed by atoms with E-state index in [0.29, 0.717) is 34.8 Å². The molecule has 0 saturated carbocycles. The minimum Gasteiger partial charge on any atom is -0.490 e. The Morgan fingerprint density at radius 3 is 2.36 bits per heavy atom. The molecule has 1 fully saturated rings. The van der Waals surface area contributed by atoms with Gasteiger partial charge in [0.25, 0.3) is 0 Å². The molecular weight excluding hydrogens is 448 g/mol. The molecule has 0 N–H and O–H groups in total. The summed E-state index contributed by atoms with van der Waals surface area (Å²) in [6.07, 6.45) is 5.95. The third-order valence-corrected chi connectivity index (χ3v) is 4.72. The molecule has 0 spiro atoms. The summed E-state index contributed by atoms with van der Waals surface area (Å²) >= 11 is 23.5. The molecular formula is C19H23Cl4NO4. The van der Waals surface area contributed by atoms with Crippen molar-refractivity contribution in [2.45, 2.75) is 32.1 Å². The maximum atomic E-state index is 6.23. The predicted molar refractivity (Wildman–Crippen MR) is 115 cm³/mol. The second kappa shape index (κ2) is 13.4. The van der Waals surface area contributed by atoms with E-state index >= 15 is 0 Å². The zero-order valence-electron chi connectivity index (χ0n) is 15.4. The van der Waals surface area contributed by atoms with Gasteiger partial charge in [0.05, 0.1) is 35.6 Å². The number of hydrogen-bond donors (Lipinski definition) is 0. The van der Waals surface area contributed by atoms with E-state index in [1.807, 2.05) is 0 Å². The highest BCUT2D eigenvalue weighted by atomic mass is 35.5. The molecule has 1 aromatic carbocycles. The summed E-state index contributed by atoms with van der Waals surface area (Å²) in [5.41, 5.74) is 1.08. The Morgan fingerprint density at radius 1 is 1.00 bits per heavy atom. The molecule has 0 aliphatic carbocycles. The molecule has 156 valence electrons. The van der Waals surface area contributed by atoms with Gasteiger partial charge in [-0.25, -0.2) is 0 Å². The smallest absolute Gasteiger partial charge is 0.156 e. The summed E-state index contributed by atoms with van der Waals surface area (Å²) in [6, 6.07) is 3.28. The number of benzene rings is 1. The van der Waals surface area contributed by atoms with E-state index in [4.69, 9.17) is 65.5 Å². The highest BCUT2D eigenvalue weighted by Gasteiger charge is 2.11. The summed E-state index contributed by atoms with van der Waals surface area (Å²) in [5, 5.41) is 4.93. The van der Waals surface area contributed by atoms with Gasteiger partial charge in [-0.1, -0.05) is 51.6 Å². The molecule has 0 amide bonds. The van der Waals surface area contributed by atoms with E-state index in [2.05, 4.69) is 5.16 Å². The van der Waals surface area contributed by atoms with Crippen LogP contribution in [0, 0.1) is 0 Å². The van der Waals surface area contributed by atoms with Crippen LogP contribution in [-0.2, 0) is 9.57 Å². The van der Waals surface area contributed by atoms with Crippen molar-refractivity contribution in [1.82, 2.24) is 0 Å². The molecule has 2 rings (SSSR count). The Morgan fingerprint density at radius 2 is 1.68 bits per heavy atom. The molecule has 0 unspecified atom stereocenters. The summed E-state index contributed by atoms with van der Waals surface area (Å²) in [6.45, 7) is 2.79. The average Bonchev–Trinajstić information content (AvgIpc) is 2.66. The zero-order valence-corrected chi connectivity index (χ0v) is 18.4. The first kappa shape index (κ1) is 23.4. The standard InChI is InChI=1S/C19H23Cl4NO4/c20-16-12-15(26-11-6-18(22)23)13-17(21)19(16)27-7-2-1-3-8-28-24-14-4-9-25-10-5-14/h6,12-13H,1-5,7-11H2. The van der Waals surface area contributed by atoms with Gasteiger partial charge in [-0.3, -0.25) is 0 Å². The van der Waals surface area contributed by atoms with Crippen LogP contribution >= 0.6 is 46.4 Å². The van der Waals surface area contributed by atoms with Crippen LogP contribution in [-0.4, -0.2) is 38.7 Å². The van der Waals surface area contributed by atoms with Gasteiger partial charge < -0.3 is 19.0 Å². The van der Waals surface area contributed by atoms with Gasteiger partial charge in [0.2, 0.25) is 0 Å². The summed E-state index contributed by atoms with van der Waals surface area (Å²) in [5.74, 6) is 0.959. The fourth-order valence-corrected chi connectivity index (χ4v) is 3.12. The molecule has 28 heavy (non-hydrogen) atoms. The number of rotatable bonds is 11. The summed E-state index contributed by atoms with van der Waals surface area (Å²) in [4.78, 5) is 5.35. The molecule has 0 aromatic heterocycles. The maximum absolute atomic E-state index is 6.23. The van der Waals surface area contributed by atoms with Crippen molar-refractivity contribution < 1.29 is 19.0 Å². The van der Waals surface area contributed by atoms with Crippen LogP contribution in [0.4, 0.5) is 0 Å². The van der Waals surface area contributed by atoms with Crippen LogP contribution in [0.2, 0.25) is 10.0 Å². The Balaban J connectivity index is 1.63. The number of unbranched alkanes of at least 4 members (excludes halogenated alkanes) is 2. The van der Waals surface area contributed by atoms with Gasteiger partial charge in [-0.15, -0.1) is 0 Å². The Labute approximate surface area is 185 Å². The highest BCUT2D eigenvalue weighted by Crippen LogP contribution is 2.37. The second-order valence-corrected chi connectivity index (χ2v) is 7.86. The average molecular weight is 471 g/mol. The van der Waals surface area contributed by atoms with Crippen LogP contribution in [0.1, 0.15) is 32.1 Å². The van der Waals surface area contributed by atoms with Crippen LogP contribution < -0.4 is 9.47 Å². The largest absolute Gasteiger partial charge is 0.490 e. The summed E-state index contributed by atoms with van der Waals surface area (Å²) < 4.78 is 16.6. The lowest BCUT2D eigenvalue weighted by Crippen LogP contribution is -2.15. The fourth-order valence-electron chi connectivity index (χ4n) is 2.41. The molecule has 1 heterocycles. The molecule has 5 nitrogen and oxygen atoms in total. The number of nitrogens with zero attached hydrogens (tertiary/aromatic N) is 1. The van der Waals surface area contributed by atoms with E-state index in [9.17, 15) is 0 Å². The lowest BCUT2D eigenvalue weighted by atomic mass is 10.2. The summed E-state index contributed by atoms with van der Waals surface area (Å²) in [7, 11) is 0. The first-order valence-corrected chi connectivity index (χ1v) is 10.6. The third kappa shape index (κ3) is 9.10. The molecule has 1 aliphatic heterocycles. The van der Waals surface area contributed by atoms with Crippen LogP contribution in [0.15, 0.2) is 27.9 Å². The zero-order chi connectivity index (χ0) is 20.2. The number of halogens is 4. The molecule has 9 heteroatoms. The Kier molecular flexibility index (Phi) is 11.2. The molecule has 0 bridgehead atoms. The Bertz CT molecular complexity index is 647. The van der Waals surface area contributed by atoms with Crippen molar-refractivity contribution in [1.29, 1.82) is 0 Å². The van der Waals surface area contributed by atoms with E-state index in [1.165, 1.54) is 6.08 Å². The lowest BCUT2D eigenvalue weighted by molar-refractivity contribution is 0.116. The van der Waals surface area contributed by atoms with Gasteiger partial charge in [-0.2, -0.15) is 0 Å². The van der Waals surface area contributed by atoms with Gasteiger partial charge in [0.15, 0.2) is 5.75 Å². The van der Waals surface area contributed by atoms with Gasteiger partial charge >= 0.3 is 0 Å². The minimum absolute atomic E-state index is 0.138. The highest BCUT2D eigenvalue weighted by molar-refractivity contribution is 6.55. The maximum Gasteiger partial charge on any atom is 0.156 e. The van der Waals surface area contributed by atoms with E-state index < -0.39 is 0 Å². The minimum atomic E-state index is 0.138. The van der Waals surface area contributed by atoms with Crippen molar-refractivity contribution >= 4 is 52.1 Å². The van der Waals surface area contributed by atoms with Crippen molar-refractivity contribution in [3.05, 3.63) is 32.7 Å². The van der Waals surface area contributed by atoms with E-state index in [1.54, 1.807) is 12.1 Å². The van der Waals surface area contributed by atoms with Gasteiger partial charge in [-0.05, 0) is 25.3 Å². The molecule has 1 saturated heterocycles. The number of hydrogen-bond acceptors (Lipinski definition) is 5. The van der Waals surface area contributed by atoms with Crippen molar-refractivity contribution in [2.75, 3.05) is 33.0 Å². The van der Waals surface area contributed by atoms with Crippen molar-refractivity contribution in [3.8, 4) is 11.5 Å². The van der Waals surface area contributed by atoms with Crippen LogP contribution in [0.5, 0.6) is 11.5 Å². The van der Waals surface area contributed by atoms with Crippen LogP contribution in [0.3, 0.4) is 0 Å². The van der Waals surface area contributed by atoms with Gasteiger partial charge in [0, 0.05) is 25.0 Å². The van der Waals surface area contributed by atoms with Crippen molar-refractivity contribution in [3.63, 3.8) is 0 Å². The lowest BCUT2D eigenvalue weighted by Gasteiger charge is -2.13. The number of ether oxygens (including phenoxy) is 3. The predicted octanol–water partition coefficient (Wildman–Crippen LogP) is 6.42. The van der Waals surface area contributed by atoms with E-state index in [-0.39, 0.29) is 11.1 Å². The normalized spacial score (nSPS) is 13.8. The number of oxime groups is 1. The third-order valence-electron chi connectivity index (χ3n) is 3.85. The van der Waals surface area contributed by atoms with Gasteiger partial charge in [0.1, 0.15) is 23.5 Å². The first-order valence-electron chi connectivity index (χ1n) is 9.07. The molecule has 0 radical (unpaired) electrons. The molecule has 1 aromatic rings. The molecule has 0 atom stereocenters. The Hall–Kier alpha value is -0.850. The SMILES string of the molecule is ClC(Cl)=CCOc1cc(Cl)c(OCCCCCON=C2CCOCC2)c(Cl)c1. The monoisotopic (exact) mass is 469 g/mol. The quantitative estimate of drug-likeness (QED) is 0.276. The molecule has 1 aliphatic rings. The topological polar surface area (TPSA) is 49.3 Å². The first-order chi connectivity index (χ1) is 13.6.